The second-order valence-corrected chi connectivity index (χ2v) is 4.36. The van der Waals surface area contributed by atoms with E-state index < -0.39 is 11.6 Å². The quantitative estimate of drug-likeness (QED) is 0.841. The van der Waals surface area contributed by atoms with Gasteiger partial charge in [0, 0.05) is 18.3 Å². The molecule has 0 aliphatic carbocycles. The zero-order valence-electron chi connectivity index (χ0n) is 9.99. The third-order valence-electron chi connectivity index (χ3n) is 2.42. The van der Waals surface area contributed by atoms with E-state index in [-0.39, 0.29) is 5.69 Å². The molecule has 0 aliphatic heterocycles. The van der Waals surface area contributed by atoms with E-state index in [1.807, 2.05) is 30.3 Å². The van der Waals surface area contributed by atoms with Gasteiger partial charge in [-0.25, -0.2) is 8.78 Å². The Morgan fingerprint density at radius 1 is 1.00 bits per heavy atom. The lowest BCUT2D eigenvalue weighted by Crippen LogP contribution is -2.27. The summed E-state index contributed by atoms with van der Waals surface area (Å²) in [5.41, 5.74) is 1.35. The van der Waals surface area contributed by atoms with Crippen LogP contribution < -0.4 is 10.6 Å². The molecule has 0 fully saturated rings. The van der Waals surface area contributed by atoms with Crippen molar-refractivity contribution in [3.8, 4) is 0 Å². The van der Waals surface area contributed by atoms with Crippen molar-refractivity contribution in [3.63, 3.8) is 0 Å². The van der Waals surface area contributed by atoms with E-state index >= 15 is 0 Å². The van der Waals surface area contributed by atoms with Gasteiger partial charge in [-0.3, -0.25) is 0 Å². The molecule has 2 aromatic carbocycles. The average molecular weight is 278 g/mol. The molecule has 2 N–H and O–H groups in total. The second-order valence-electron chi connectivity index (χ2n) is 3.95. The number of rotatable bonds is 3. The fourth-order valence-corrected chi connectivity index (χ4v) is 1.77. The van der Waals surface area contributed by atoms with Gasteiger partial charge in [0.1, 0.15) is 11.6 Å². The molecular weight excluding hydrogens is 266 g/mol. The first-order valence-corrected chi connectivity index (χ1v) is 6.09. The molecule has 98 valence electrons. The van der Waals surface area contributed by atoms with Crippen LogP contribution in [0.1, 0.15) is 5.56 Å². The van der Waals surface area contributed by atoms with E-state index in [4.69, 9.17) is 12.2 Å². The summed E-state index contributed by atoms with van der Waals surface area (Å²) >= 11 is 5.05. The Morgan fingerprint density at radius 2 is 1.63 bits per heavy atom. The molecule has 0 unspecified atom stereocenters. The van der Waals surface area contributed by atoms with Crippen LogP contribution in [0, 0.1) is 11.6 Å². The lowest BCUT2D eigenvalue weighted by Gasteiger charge is -2.10. The van der Waals surface area contributed by atoms with Crippen molar-refractivity contribution >= 4 is 23.0 Å². The molecule has 0 bridgehead atoms. The van der Waals surface area contributed by atoms with Gasteiger partial charge in [0.05, 0.1) is 0 Å². The van der Waals surface area contributed by atoms with Gasteiger partial charge < -0.3 is 10.6 Å². The molecule has 0 aromatic heterocycles. The van der Waals surface area contributed by atoms with Crippen LogP contribution in [0.5, 0.6) is 0 Å². The zero-order chi connectivity index (χ0) is 13.7. The summed E-state index contributed by atoms with van der Waals surface area (Å²) in [6.45, 7) is 0.546. The highest BCUT2D eigenvalue weighted by Crippen LogP contribution is 2.12. The Morgan fingerprint density at radius 3 is 2.26 bits per heavy atom. The lowest BCUT2D eigenvalue weighted by molar-refractivity contribution is 0.584. The van der Waals surface area contributed by atoms with E-state index in [9.17, 15) is 8.78 Å². The molecule has 0 spiro atoms. The van der Waals surface area contributed by atoms with Crippen molar-refractivity contribution in [2.24, 2.45) is 0 Å². The monoisotopic (exact) mass is 278 g/mol. The largest absolute Gasteiger partial charge is 0.358 e. The van der Waals surface area contributed by atoms with E-state index in [0.717, 1.165) is 11.6 Å². The standard InChI is InChI=1S/C14H12F2N2S/c15-11-6-12(16)8-13(7-11)18-14(19)17-9-10-4-2-1-3-5-10/h1-8H,9H2,(H2,17,18,19). The molecule has 0 radical (unpaired) electrons. The molecule has 2 nitrogen and oxygen atoms in total. The number of hydrogen-bond acceptors (Lipinski definition) is 1. The summed E-state index contributed by atoms with van der Waals surface area (Å²) in [7, 11) is 0. The van der Waals surface area contributed by atoms with E-state index in [2.05, 4.69) is 10.6 Å². The fourth-order valence-electron chi connectivity index (χ4n) is 1.58. The van der Waals surface area contributed by atoms with Crippen LogP contribution >= 0.6 is 12.2 Å². The van der Waals surface area contributed by atoms with Crippen LogP contribution in [0.2, 0.25) is 0 Å². The first-order chi connectivity index (χ1) is 9.13. The van der Waals surface area contributed by atoms with Gasteiger partial charge in [-0.2, -0.15) is 0 Å². The number of thiocarbonyl (C=S) groups is 1. The van der Waals surface area contributed by atoms with Gasteiger partial charge in [0.25, 0.3) is 0 Å². The van der Waals surface area contributed by atoms with Gasteiger partial charge in [-0.05, 0) is 29.9 Å². The van der Waals surface area contributed by atoms with Crippen molar-refractivity contribution in [2.45, 2.75) is 6.54 Å². The Labute approximate surface area is 115 Å². The van der Waals surface area contributed by atoms with E-state index in [1.165, 1.54) is 12.1 Å². The van der Waals surface area contributed by atoms with Crippen molar-refractivity contribution in [2.75, 3.05) is 5.32 Å². The molecule has 19 heavy (non-hydrogen) atoms. The number of nitrogens with one attached hydrogen (secondary N) is 2. The van der Waals surface area contributed by atoms with E-state index in [1.54, 1.807) is 0 Å². The zero-order valence-corrected chi connectivity index (χ0v) is 10.8. The van der Waals surface area contributed by atoms with Crippen LogP contribution in [0.25, 0.3) is 0 Å². The number of anilines is 1. The minimum atomic E-state index is -0.645. The van der Waals surface area contributed by atoms with Gasteiger partial charge >= 0.3 is 0 Å². The minimum absolute atomic E-state index is 0.281. The summed E-state index contributed by atoms with van der Waals surface area (Å²) in [5, 5.41) is 6.01. The first-order valence-electron chi connectivity index (χ1n) is 5.68. The van der Waals surface area contributed by atoms with Crippen molar-refractivity contribution in [1.82, 2.24) is 5.32 Å². The third-order valence-corrected chi connectivity index (χ3v) is 2.66. The summed E-state index contributed by atoms with van der Waals surface area (Å²) in [4.78, 5) is 0. The molecule has 0 amide bonds. The molecule has 2 rings (SSSR count). The smallest absolute Gasteiger partial charge is 0.171 e. The molecular formula is C14H12F2N2S. The minimum Gasteiger partial charge on any atom is -0.358 e. The predicted molar refractivity (Wildman–Crippen MR) is 75.9 cm³/mol. The predicted octanol–water partition coefficient (Wildman–Crippen LogP) is 3.45. The third kappa shape index (κ3) is 4.30. The van der Waals surface area contributed by atoms with Crippen LogP contribution in [0.15, 0.2) is 48.5 Å². The molecule has 0 saturated carbocycles. The average Bonchev–Trinajstić information content (AvgIpc) is 2.36. The topological polar surface area (TPSA) is 24.1 Å². The summed E-state index contributed by atoms with van der Waals surface area (Å²) in [6, 6.07) is 12.9. The Hall–Kier alpha value is -2.01. The fraction of sp³-hybridized carbons (Fsp3) is 0.0714. The Balaban J connectivity index is 1.91. The SMILES string of the molecule is Fc1cc(F)cc(NC(=S)NCc2ccccc2)c1. The number of benzene rings is 2. The van der Waals surface area contributed by atoms with E-state index in [0.29, 0.717) is 11.7 Å². The van der Waals surface area contributed by atoms with Crippen LogP contribution in [-0.4, -0.2) is 5.11 Å². The summed E-state index contributed by atoms with van der Waals surface area (Å²) < 4.78 is 26.0. The first kappa shape index (κ1) is 13.4. The summed E-state index contributed by atoms with van der Waals surface area (Å²) in [5.74, 6) is -1.29. The van der Waals surface area contributed by atoms with Crippen LogP contribution in [0.4, 0.5) is 14.5 Å². The van der Waals surface area contributed by atoms with Crippen LogP contribution in [0.3, 0.4) is 0 Å². The highest BCUT2D eigenvalue weighted by molar-refractivity contribution is 7.80. The molecule has 0 heterocycles. The highest BCUT2D eigenvalue weighted by Gasteiger charge is 2.02. The maximum absolute atomic E-state index is 13.0. The van der Waals surface area contributed by atoms with Crippen molar-refractivity contribution in [1.29, 1.82) is 0 Å². The maximum Gasteiger partial charge on any atom is 0.171 e. The Bertz CT molecular complexity index is 553. The molecule has 2 aromatic rings. The van der Waals surface area contributed by atoms with Crippen molar-refractivity contribution in [3.05, 3.63) is 65.7 Å². The van der Waals surface area contributed by atoms with Gasteiger partial charge in [0.15, 0.2) is 5.11 Å². The maximum atomic E-state index is 13.0. The molecule has 0 aliphatic rings. The molecule has 5 heteroatoms. The Kier molecular flexibility index (Phi) is 4.41. The molecule has 0 atom stereocenters. The lowest BCUT2D eigenvalue weighted by atomic mass is 10.2. The van der Waals surface area contributed by atoms with Crippen LogP contribution in [-0.2, 0) is 6.54 Å². The molecule has 0 saturated heterocycles. The highest BCUT2D eigenvalue weighted by atomic mass is 32.1. The normalized spacial score (nSPS) is 10.0. The van der Waals surface area contributed by atoms with Gasteiger partial charge in [-0.15, -0.1) is 0 Å². The van der Waals surface area contributed by atoms with Gasteiger partial charge in [0.2, 0.25) is 0 Å². The second kappa shape index (κ2) is 6.24. The summed E-state index contributed by atoms with van der Waals surface area (Å²) in [6.07, 6.45) is 0. The van der Waals surface area contributed by atoms with Crippen molar-refractivity contribution < 1.29 is 8.78 Å². The van der Waals surface area contributed by atoms with Gasteiger partial charge in [-0.1, -0.05) is 30.3 Å². The number of hydrogen-bond donors (Lipinski definition) is 2. The number of halogens is 2.